The van der Waals surface area contributed by atoms with Crippen LogP contribution in [0.15, 0.2) is 24.3 Å². The average Bonchev–Trinajstić information content (AvgIpc) is 2.35. The second kappa shape index (κ2) is 9.32. The van der Waals surface area contributed by atoms with Crippen LogP contribution in [0, 0.1) is 6.92 Å². The lowest BCUT2D eigenvalue weighted by Gasteiger charge is -2.09. The normalized spacial score (nSPS) is 12.2. The predicted octanol–water partition coefficient (Wildman–Crippen LogP) is 4.11. The van der Waals surface area contributed by atoms with E-state index in [2.05, 4.69) is 30.6 Å². The minimum atomic E-state index is 0.0931. The summed E-state index contributed by atoms with van der Waals surface area (Å²) in [6, 6.07) is 7.87. The molecule has 0 spiro atoms. The Bertz CT molecular complexity index is 395. The number of amides is 1. The number of benzene rings is 1. The molecule has 1 rings (SSSR count). The van der Waals surface area contributed by atoms with E-state index in [1.165, 1.54) is 0 Å². The van der Waals surface area contributed by atoms with Crippen molar-refractivity contribution < 1.29 is 4.79 Å². The van der Waals surface area contributed by atoms with Gasteiger partial charge in [-0.15, -0.1) is 0 Å². The summed E-state index contributed by atoms with van der Waals surface area (Å²) in [5.74, 6) is 0.970. The van der Waals surface area contributed by atoms with Crippen molar-refractivity contribution >= 4 is 36.9 Å². The van der Waals surface area contributed by atoms with Crippen LogP contribution >= 0.6 is 25.3 Å². The molecular weight excluding hydrogens is 274 g/mol. The van der Waals surface area contributed by atoms with Crippen LogP contribution in [0.25, 0.3) is 0 Å². The Hall–Kier alpha value is -0.610. The molecule has 1 amide bonds. The minimum Gasteiger partial charge on any atom is -0.326 e. The van der Waals surface area contributed by atoms with Crippen molar-refractivity contribution in [1.82, 2.24) is 0 Å². The monoisotopic (exact) mass is 297 g/mol. The number of carbonyl (C=O) groups excluding carboxylic acids is 1. The van der Waals surface area contributed by atoms with E-state index < -0.39 is 0 Å². The van der Waals surface area contributed by atoms with Gasteiger partial charge in [-0.05, 0) is 49.6 Å². The molecule has 1 aromatic carbocycles. The van der Waals surface area contributed by atoms with Gasteiger partial charge in [-0.1, -0.05) is 18.6 Å². The van der Waals surface area contributed by atoms with E-state index in [0.29, 0.717) is 11.7 Å². The van der Waals surface area contributed by atoms with E-state index in [1.807, 2.05) is 31.2 Å². The van der Waals surface area contributed by atoms with Gasteiger partial charge < -0.3 is 5.32 Å². The Morgan fingerprint density at radius 3 is 2.79 bits per heavy atom. The summed E-state index contributed by atoms with van der Waals surface area (Å²) >= 11 is 8.67. The first-order valence-corrected chi connectivity index (χ1v) is 7.92. The van der Waals surface area contributed by atoms with Gasteiger partial charge in [0.15, 0.2) is 0 Å². The third-order valence-corrected chi connectivity index (χ3v) is 3.73. The summed E-state index contributed by atoms with van der Waals surface area (Å²) in [5.41, 5.74) is 2.04. The molecule has 0 aromatic heterocycles. The minimum absolute atomic E-state index is 0.0931. The highest BCUT2D eigenvalue weighted by Crippen LogP contribution is 2.14. The van der Waals surface area contributed by atoms with Gasteiger partial charge in [0.2, 0.25) is 5.91 Å². The Morgan fingerprint density at radius 1 is 1.32 bits per heavy atom. The molecule has 0 aliphatic heterocycles. The molecule has 0 radical (unpaired) electrons. The molecule has 0 aliphatic carbocycles. The molecule has 1 N–H and O–H groups in total. The second-order valence-electron chi connectivity index (χ2n) is 4.83. The van der Waals surface area contributed by atoms with Crippen LogP contribution in [-0.4, -0.2) is 16.9 Å². The van der Waals surface area contributed by atoms with Crippen LogP contribution in [-0.2, 0) is 4.79 Å². The van der Waals surface area contributed by atoms with Crippen LogP contribution < -0.4 is 5.32 Å². The number of hydrogen-bond acceptors (Lipinski definition) is 3. The zero-order valence-electron chi connectivity index (χ0n) is 11.4. The van der Waals surface area contributed by atoms with Gasteiger partial charge in [0.1, 0.15) is 0 Å². The summed E-state index contributed by atoms with van der Waals surface area (Å²) in [4.78, 5) is 11.8. The SMILES string of the molecule is Cc1cccc(NC(=O)CCCCC(S)CCS)c1. The molecule has 1 aromatic rings. The first-order chi connectivity index (χ1) is 9.11. The highest BCUT2D eigenvalue weighted by Gasteiger charge is 2.05. The fraction of sp³-hybridized carbons (Fsp3) is 0.533. The molecule has 0 saturated carbocycles. The Morgan fingerprint density at radius 2 is 2.11 bits per heavy atom. The van der Waals surface area contributed by atoms with Crippen LogP contribution in [0.1, 0.15) is 37.7 Å². The van der Waals surface area contributed by atoms with E-state index in [4.69, 9.17) is 0 Å². The zero-order chi connectivity index (χ0) is 14.1. The lowest BCUT2D eigenvalue weighted by molar-refractivity contribution is -0.116. The van der Waals surface area contributed by atoms with Crippen molar-refractivity contribution in [3.63, 3.8) is 0 Å². The van der Waals surface area contributed by atoms with Crippen molar-refractivity contribution in [2.75, 3.05) is 11.1 Å². The third kappa shape index (κ3) is 7.53. The predicted molar refractivity (Wildman–Crippen MR) is 89.5 cm³/mol. The van der Waals surface area contributed by atoms with E-state index in [-0.39, 0.29) is 5.91 Å². The van der Waals surface area contributed by atoms with E-state index in [1.54, 1.807) is 0 Å². The molecular formula is C15H23NOS2. The number of thiol groups is 2. The Kier molecular flexibility index (Phi) is 8.07. The molecule has 0 heterocycles. The number of rotatable bonds is 8. The summed E-state index contributed by atoms with van der Waals surface area (Å²) in [7, 11) is 0. The number of anilines is 1. The maximum atomic E-state index is 11.8. The van der Waals surface area contributed by atoms with Crippen molar-refractivity contribution in [3.05, 3.63) is 29.8 Å². The standard InChI is InChI=1S/C15H23NOS2/c1-12-5-4-6-13(11-12)16-15(17)8-3-2-7-14(19)9-10-18/h4-6,11,14,18-19H,2-3,7-10H2,1H3,(H,16,17). The molecule has 0 fully saturated rings. The topological polar surface area (TPSA) is 29.1 Å². The number of carbonyl (C=O) groups is 1. The maximum absolute atomic E-state index is 11.8. The summed E-state index contributed by atoms with van der Waals surface area (Å²) in [6.45, 7) is 2.02. The van der Waals surface area contributed by atoms with Gasteiger partial charge >= 0.3 is 0 Å². The fourth-order valence-electron chi connectivity index (χ4n) is 1.91. The van der Waals surface area contributed by atoms with Gasteiger partial charge in [0.05, 0.1) is 0 Å². The molecule has 0 saturated heterocycles. The van der Waals surface area contributed by atoms with E-state index in [9.17, 15) is 4.79 Å². The molecule has 1 atom stereocenters. The molecule has 4 heteroatoms. The number of hydrogen-bond donors (Lipinski definition) is 3. The van der Waals surface area contributed by atoms with Crippen molar-refractivity contribution in [2.24, 2.45) is 0 Å². The maximum Gasteiger partial charge on any atom is 0.224 e. The second-order valence-corrected chi connectivity index (χ2v) is 6.01. The van der Waals surface area contributed by atoms with Crippen LogP contribution in [0.2, 0.25) is 0 Å². The lowest BCUT2D eigenvalue weighted by Crippen LogP contribution is -2.11. The Balaban J connectivity index is 2.18. The fourth-order valence-corrected chi connectivity index (χ4v) is 2.73. The van der Waals surface area contributed by atoms with Gasteiger partial charge in [0.25, 0.3) is 0 Å². The molecule has 1 unspecified atom stereocenters. The Labute approximate surface area is 127 Å². The molecule has 0 aliphatic rings. The first-order valence-electron chi connectivity index (χ1n) is 6.77. The lowest BCUT2D eigenvalue weighted by atomic mass is 10.1. The van der Waals surface area contributed by atoms with E-state index in [0.717, 1.165) is 42.7 Å². The zero-order valence-corrected chi connectivity index (χ0v) is 13.2. The van der Waals surface area contributed by atoms with Gasteiger partial charge in [-0.3, -0.25) is 4.79 Å². The van der Waals surface area contributed by atoms with Gasteiger partial charge in [0, 0.05) is 17.4 Å². The van der Waals surface area contributed by atoms with Crippen molar-refractivity contribution in [1.29, 1.82) is 0 Å². The van der Waals surface area contributed by atoms with Gasteiger partial charge in [-0.2, -0.15) is 25.3 Å². The number of aryl methyl sites for hydroxylation is 1. The highest BCUT2D eigenvalue weighted by atomic mass is 32.1. The number of unbranched alkanes of at least 4 members (excludes halogenated alkanes) is 1. The van der Waals surface area contributed by atoms with Crippen LogP contribution in [0.4, 0.5) is 5.69 Å². The smallest absolute Gasteiger partial charge is 0.224 e. The molecule has 0 bridgehead atoms. The summed E-state index contributed by atoms with van der Waals surface area (Å²) in [6.07, 6.45) is 4.63. The van der Waals surface area contributed by atoms with E-state index >= 15 is 0 Å². The average molecular weight is 297 g/mol. The molecule has 19 heavy (non-hydrogen) atoms. The largest absolute Gasteiger partial charge is 0.326 e. The quantitative estimate of drug-likeness (QED) is 0.489. The number of nitrogens with one attached hydrogen (secondary N) is 1. The van der Waals surface area contributed by atoms with Crippen molar-refractivity contribution in [3.8, 4) is 0 Å². The van der Waals surface area contributed by atoms with Crippen LogP contribution in [0.3, 0.4) is 0 Å². The van der Waals surface area contributed by atoms with Crippen LogP contribution in [0.5, 0.6) is 0 Å². The van der Waals surface area contributed by atoms with Gasteiger partial charge in [-0.25, -0.2) is 0 Å². The third-order valence-electron chi connectivity index (χ3n) is 2.96. The van der Waals surface area contributed by atoms with Crippen molar-refractivity contribution in [2.45, 2.75) is 44.3 Å². The highest BCUT2D eigenvalue weighted by molar-refractivity contribution is 7.81. The summed E-state index contributed by atoms with van der Waals surface area (Å²) in [5, 5.41) is 3.34. The molecule has 2 nitrogen and oxygen atoms in total. The molecule has 106 valence electrons. The summed E-state index contributed by atoms with van der Waals surface area (Å²) < 4.78 is 0. The first kappa shape index (κ1) is 16.4.